The molecule has 2 atom stereocenters. The zero-order valence-electron chi connectivity index (χ0n) is 35.4. The first-order valence-electron chi connectivity index (χ1n) is 20.9. The van der Waals surface area contributed by atoms with Gasteiger partial charge < -0.3 is 24.5 Å². The van der Waals surface area contributed by atoms with Crippen molar-refractivity contribution >= 4 is 117 Å². The number of benzene rings is 4. The third-order valence-electron chi connectivity index (χ3n) is 12.4. The maximum Gasteiger partial charge on any atom is 0.274 e. The average Bonchev–Trinajstić information content (AvgIpc) is 4.09. The largest absolute Gasteiger partial charge is 0.487 e. The number of halogens is 2. The molecule has 2 N–H and O–H groups in total. The summed E-state index contributed by atoms with van der Waals surface area (Å²) in [7, 11) is 0. The zero-order chi connectivity index (χ0) is 43.4. The fourth-order valence-corrected chi connectivity index (χ4v) is 12.2. The lowest BCUT2D eigenvalue weighted by atomic mass is 9.95. The number of aromatic nitrogens is 2. The van der Waals surface area contributed by atoms with E-state index in [2.05, 4.69) is 47.6 Å². The molecule has 8 nitrogen and oxygen atoms in total. The van der Waals surface area contributed by atoms with Gasteiger partial charge in [-0.25, -0.2) is 0 Å². The van der Waals surface area contributed by atoms with Crippen LogP contribution in [0.25, 0.3) is 42.0 Å². The first-order chi connectivity index (χ1) is 29.7. The summed E-state index contributed by atoms with van der Waals surface area (Å²) in [4.78, 5) is 52.4. The summed E-state index contributed by atoms with van der Waals surface area (Å²) in [5.74, 6) is 1.48. The molecule has 4 aromatic heterocycles. The molecule has 0 aliphatic carbocycles. The van der Waals surface area contributed by atoms with Crippen LogP contribution in [0.15, 0.2) is 71.4 Å². The molecule has 6 heterocycles. The molecule has 8 aromatic rings. The molecule has 2 aliphatic rings. The van der Waals surface area contributed by atoms with E-state index in [1.165, 1.54) is 21.2 Å². The van der Waals surface area contributed by atoms with E-state index < -0.39 is 5.60 Å². The second kappa shape index (κ2) is 15.3. The highest BCUT2D eigenvalue weighted by molar-refractivity contribution is 7.18. The van der Waals surface area contributed by atoms with Gasteiger partial charge in [0, 0.05) is 98.6 Å². The van der Waals surface area contributed by atoms with Gasteiger partial charge in [-0.1, -0.05) is 12.1 Å². The molecule has 0 spiro atoms. The second-order valence-electron chi connectivity index (χ2n) is 18.0. The Hall–Kier alpha value is -5.13. The number of amides is 2. The number of anilines is 2. The molecule has 316 valence electrons. The number of aromatic amines is 2. The van der Waals surface area contributed by atoms with E-state index in [9.17, 15) is 14.4 Å². The van der Waals surface area contributed by atoms with Gasteiger partial charge in [-0.15, -0.1) is 45.9 Å². The fraction of sp³-hybridized carbons (Fsp3) is 0.300. The number of hydrogen-bond acceptors (Lipinski definition) is 6. The number of Topliss-reactive ketones (excluding diaryl/α,β-unsaturated/α-hetero) is 1. The molecule has 0 saturated heterocycles. The highest BCUT2D eigenvalue weighted by Crippen LogP contribution is 2.50. The molecule has 2 amide bonds. The molecule has 0 unspecified atom stereocenters. The standard InChI is InChI=1S/C50H46Cl2N4O4S2/c1-25-11-39-44(42-26(2)23-61-46(25)42)32(19-51)21-55(39)48(58)37-16-30-12-28(7-9-35(30)53-37)14-34(57)15-29-8-10-36-31(13-29)17-38(54-36)49(59)56-22-33(20-52)45-40(56)18-41(60-50(4,5)6)47-43(45)27(3)24-62-47/h7-13,16-18,23-24,32-33,53-54H,14-15,19-22H2,1-6H3/t32-,33-/m1/s1. The Balaban J connectivity index is 0.854. The van der Waals surface area contributed by atoms with E-state index in [0.717, 1.165) is 76.8 Å². The Morgan fingerprint density at radius 2 is 1.16 bits per heavy atom. The zero-order valence-corrected chi connectivity index (χ0v) is 38.6. The Bertz CT molecular complexity index is 3170. The predicted octanol–water partition coefficient (Wildman–Crippen LogP) is 12.5. The van der Waals surface area contributed by atoms with Crippen molar-refractivity contribution in [2.45, 2.75) is 71.8 Å². The van der Waals surface area contributed by atoms with Gasteiger partial charge in [0.15, 0.2) is 0 Å². The highest BCUT2D eigenvalue weighted by Gasteiger charge is 2.38. The van der Waals surface area contributed by atoms with Crippen LogP contribution in [-0.4, -0.2) is 58.0 Å². The minimum Gasteiger partial charge on any atom is -0.487 e. The van der Waals surface area contributed by atoms with Gasteiger partial charge in [0.2, 0.25) is 0 Å². The smallest absolute Gasteiger partial charge is 0.274 e. The van der Waals surface area contributed by atoms with E-state index in [1.807, 2.05) is 85.2 Å². The summed E-state index contributed by atoms with van der Waals surface area (Å²) in [5.41, 5.74) is 11.5. The number of nitrogens with zero attached hydrogens (tertiary/aromatic N) is 2. The minimum absolute atomic E-state index is 0.0104. The number of thiophene rings is 2. The van der Waals surface area contributed by atoms with E-state index in [-0.39, 0.29) is 42.3 Å². The van der Waals surface area contributed by atoms with Crippen LogP contribution in [0, 0.1) is 20.8 Å². The molecule has 0 saturated carbocycles. The topological polar surface area (TPSA) is 98.5 Å². The van der Waals surface area contributed by atoms with Gasteiger partial charge in [-0.05, 0) is 134 Å². The summed E-state index contributed by atoms with van der Waals surface area (Å²) < 4.78 is 8.78. The van der Waals surface area contributed by atoms with Crippen molar-refractivity contribution in [3.63, 3.8) is 0 Å². The number of alkyl halides is 2. The molecule has 12 heteroatoms. The Morgan fingerprint density at radius 3 is 1.66 bits per heavy atom. The minimum atomic E-state index is -0.412. The van der Waals surface area contributed by atoms with Crippen LogP contribution >= 0.6 is 45.9 Å². The summed E-state index contributed by atoms with van der Waals surface area (Å²) >= 11 is 16.5. The third kappa shape index (κ3) is 6.90. The number of carbonyl (C=O) groups is 3. The van der Waals surface area contributed by atoms with Crippen molar-refractivity contribution in [1.82, 2.24) is 9.97 Å². The average molecular weight is 902 g/mol. The van der Waals surface area contributed by atoms with Gasteiger partial charge >= 0.3 is 0 Å². The van der Waals surface area contributed by atoms with Crippen molar-refractivity contribution < 1.29 is 19.1 Å². The van der Waals surface area contributed by atoms with Crippen LogP contribution in [0.2, 0.25) is 0 Å². The van der Waals surface area contributed by atoms with Gasteiger partial charge in [-0.2, -0.15) is 0 Å². The Morgan fingerprint density at radius 1 is 0.677 bits per heavy atom. The molecular weight excluding hydrogens is 856 g/mol. The number of aryl methyl sites for hydroxylation is 3. The molecule has 0 bridgehead atoms. The van der Waals surface area contributed by atoms with Crippen molar-refractivity contribution in [2.75, 3.05) is 34.6 Å². The quantitative estimate of drug-likeness (QED) is 0.141. The predicted molar refractivity (Wildman–Crippen MR) is 258 cm³/mol. The van der Waals surface area contributed by atoms with Gasteiger partial charge in [0.25, 0.3) is 11.8 Å². The lowest BCUT2D eigenvalue weighted by molar-refractivity contribution is -0.117. The van der Waals surface area contributed by atoms with Crippen LogP contribution < -0.4 is 14.5 Å². The highest BCUT2D eigenvalue weighted by atomic mass is 35.5. The molecular formula is C50H46Cl2N4O4S2. The van der Waals surface area contributed by atoms with Crippen molar-refractivity contribution in [3.05, 3.63) is 122 Å². The van der Waals surface area contributed by atoms with Gasteiger partial charge in [0.05, 0.1) is 10.4 Å². The maximum absolute atomic E-state index is 14.3. The normalized spacial score (nSPS) is 16.3. The monoisotopic (exact) mass is 900 g/mol. The molecule has 62 heavy (non-hydrogen) atoms. The number of nitrogens with one attached hydrogen (secondary N) is 2. The van der Waals surface area contributed by atoms with E-state index in [4.69, 9.17) is 27.9 Å². The maximum atomic E-state index is 14.3. The van der Waals surface area contributed by atoms with Crippen molar-refractivity contribution in [2.24, 2.45) is 0 Å². The number of carbonyl (C=O) groups excluding carboxylic acids is 3. The molecule has 10 rings (SSSR count). The molecule has 2 aliphatic heterocycles. The lowest BCUT2D eigenvalue weighted by Gasteiger charge is -2.24. The van der Waals surface area contributed by atoms with Crippen molar-refractivity contribution in [3.8, 4) is 5.75 Å². The van der Waals surface area contributed by atoms with Gasteiger partial charge in [0.1, 0.15) is 28.5 Å². The van der Waals surface area contributed by atoms with Crippen LogP contribution in [0.1, 0.15) is 92.5 Å². The lowest BCUT2D eigenvalue weighted by Crippen LogP contribution is -2.30. The van der Waals surface area contributed by atoms with Crippen LogP contribution in [0.3, 0.4) is 0 Å². The van der Waals surface area contributed by atoms with Gasteiger partial charge in [-0.3, -0.25) is 14.4 Å². The van der Waals surface area contributed by atoms with Crippen molar-refractivity contribution in [1.29, 1.82) is 0 Å². The summed E-state index contributed by atoms with van der Waals surface area (Å²) in [5, 5.41) is 8.42. The van der Waals surface area contributed by atoms with Crippen LogP contribution in [-0.2, 0) is 17.6 Å². The number of rotatable bonds is 9. The number of hydrogen-bond donors (Lipinski definition) is 2. The number of ketones is 1. The first-order valence-corrected chi connectivity index (χ1v) is 23.8. The first kappa shape index (κ1) is 40.9. The Labute approximate surface area is 377 Å². The molecule has 0 radical (unpaired) electrons. The van der Waals surface area contributed by atoms with E-state index >= 15 is 0 Å². The number of H-pyrrole nitrogens is 2. The summed E-state index contributed by atoms with van der Waals surface area (Å²) in [6.07, 6.45) is 0.495. The second-order valence-corrected chi connectivity index (χ2v) is 20.4. The third-order valence-corrected chi connectivity index (χ3v) is 15.5. The van der Waals surface area contributed by atoms with Crippen LogP contribution in [0.5, 0.6) is 5.75 Å². The summed E-state index contributed by atoms with van der Waals surface area (Å²) in [6.45, 7) is 13.4. The number of ether oxygens (including phenoxy) is 1. The molecule has 0 fully saturated rings. The SMILES string of the molecule is Cc1cc2c(c3c(C)csc13)[C@H](CCl)CN2C(=O)c1cc2cc(CC(=O)Cc3ccc4[nH]c(C(=O)N5C[C@@H](CCl)c6c5cc(OC(C)(C)C)c5scc(C)c65)cc4c3)ccc2[nH]1. The van der Waals surface area contributed by atoms with Crippen LogP contribution in [0.4, 0.5) is 11.4 Å². The van der Waals surface area contributed by atoms with E-state index in [1.54, 1.807) is 22.7 Å². The number of fused-ring (bicyclic) bond motifs is 8. The summed E-state index contributed by atoms with van der Waals surface area (Å²) in [6, 6.07) is 19.6. The fourth-order valence-electron chi connectivity index (χ4n) is 9.66. The Kier molecular flexibility index (Phi) is 10.1. The molecule has 4 aromatic carbocycles. The van der Waals surface area contributed by atoms with E-state index in [0.29, 0.717) is 36.2 Å².